The van der Waals surface area contributed by atoms with Gasteiger partial charge in [-0.05, 0) is 37.5 Å². The van der Waals surface area contributed by atoms with Crippen molar-refractivity contribution >= 4 is 23.1 Å². The Morgan fingerprint density at radius 1 is 1.33 bits per heavy atom. The number of carbonyl (C=O) groups excluding carboxylic acids is 1. The van der Waals surface area contributed by atoms with Crippen LogP contribution in [0.2, 0.25) is 0 Å². The first-order valence-electron chi connectivity index (χ1n) is 7.20. The number of hydrogen-bond acceptors (Lipinski definition) is 3. The highest BCUT2D eigenvalue weighted by Gasteiger charge is 2.14. The second-order valence-corrected chi connectivity index (χ2v) is 5.61. The lowest BCUT2D eigenvalue weighted by atomic mass is 10.1. The Labute approximate surface area is 132 Å². The van der Waals surface area contributed by atoms with E-state index < -0.39 is 0 Å². The maximum absolute atomic E-state index is 12.2. The topological polar surface area (TPSA) is 55.6 Å². The Morgan fingerprint density at radius 2 is 2.05 bits per heavy atom. The second kappa shape index (κ2) is 8.62. The average molecular weight is 308 g/mol. The Morgan fingerprint density at radius 3 is 2.67 bits per heavy atom. The third kappa shape index (κ3) is 5.71. The predicted molar refractivity (Wildman–Crippen MR) is 89.7 cm³/mol. The molecule has 4 nitrogen and oxygen atoms in total. The van der Waals surface area contributed by atoms with E-state index in [1.54, 1.807) is 4.90 Å². The van der Waals surface area contributed by atoms with E-state index in [1.165, 1.54) is 0 Å². The van der Waals surface area contributed by atoms with Gasteiger partial charge in [-0.2, -0.15) is 0 Å². The smallest absolute Gasteiger partial charge is 0.260 e. The van der Waals surface area contributed by atoms with E-state index in [0.717, 1.165) is 23.3 Å². The highest BCUT2D eigenvalue weighted by atomic mass is 32.1. The quantitative estimate of drug-likeness (QED) is 0.750. The lowest BCUT2D eigenvalue weighted by Gasteiger charge is -2.22. The van der Waals surface area contributed by atoms with Crippen LogP contribution < -0.4 is 10.5 Å². The van der Waals surface area contributed by atoms with Crippen LogP contribution in [0.4, 0.5) is 0 Å². The number of ether oxygens (including phenoxy) is 1. The van der Waals surface area contributed by atoms with Crippen molar-refractivity contribution in [3.63, 3.8) is 0 Å². The van der Waals surface area contributed by atoms with Gasteiger partial charge in [0.1, 0.15) is 5.75 Å². The second-order valence-electron chi connectivity index (χ2n) is 5.08. The average Bonchev–Trinajstić information content (AvgIpc) is 2.44. The molecule has 0 aliphatic rings. The fourth-order valence-electron chi connectivity index (χ4n) is 1.99. The first-order valence-corrected chi connectivity index (χ1v) is 7.61. The number of thiocarbonyl (C=S) groups is 1. The minimum atomic E-state index is -0.0333. The predicted octanol–water partition coefficient (Wildman–Crippen LogP) is 2.60. The van der Waals surface area contributed by atoms with Crippen LogP contribution in [0.15, 0.2) is 18.2 Å². The van der Waals surface area contributed by atoms with Crippen LogP contribution in [-0.2, 0) is 4.79 Å². The zero-order valence-electron chi connectivity index (χ0n) is 13.0. The summed E-state index contributed by atoms with van der Waals surface area (Å²) in [6.07, 6.45) is 1.44. The maximum Gasteiger partial charge on any atom is 0.260 e. The molecule has 0 saturated heterocycles. The zero-order valence-corrected chi connectivity index (χ0v) is 13.8. The highest BCUT2D eigenvalue weighted by Crippen LogP contribution is 2.20. The van der Waals surface area contributed by atoms with Gasteiger partial charge in [-0.3, -0.25) is 4.79 Å². The molecule has 0 heterocycles. The molecule has 0 saturated carbocycles. The Balaban J connectivity index is 2.60. The summed E-state index contributed by atoms with van der Waals surface area (Å²) in [5.74, 6) is 0.725. The molecular formula is C16H24N2O2S. The normalized spacial score (nSPS) is 10.2. The molecule has 1 amide bonds. The van der Waals surface area contributed by atoms with Gasteiger partial charge >= 0.3 is 0 Å². The molecule has 0 aromatic heterocycles. The van der Waals surface area contributed by atoms with E-state index >= 15 is 0 Å². The number of aryl methyl sites for hydroxylation is 1. The van der Waals surface area contributed by atoms with Crippen molar-refractivity contribution < 1.29 is 9.53 Å². The molecule has 0 radical (unpaired) electrons. The lowest BCUT2D eigenvalue weighted by molar-refractivity contribution is -0.133. The minimum Gasteiger partial charge on any atom is -0.483 e. The molecule has 0 unspecified atom stereocenters. The van der Waals surface area contributed by atoms with Crippen LogP contribution in [0, 0.1) is 13.8 Å². The molecule has 0 aliphatic heterocycles. The van der Waals surface area contributed by atoms with Crippen molar-refractivity contribution in [3.8, 4) is 5.75 Å². The number of hydrogen-bond donors (Lipinski definition) is 1. The third-order valence-electron chi connectivity index (χ3n) is 3.38. The van der Waals surface area contributed by atoms with Gasteiger partial charge in [0.25, 0.3) is 5.91 Å². The number of amides is 1. The fraction of sp³-hybridized carbons (Fsp3) is 0.500. The lowest BCUT2D eigenvalue weighted by Crippen LogP contribution is -2.37. The number of nitrogens with zero attached hydrogens (tertiary/aromatic N) is 1. The van der Waals surface area contributed by atoms with Crippen LogP contribution in [0.5, 0.6) is 5.75 Å². The first-order chi connectivity index (χ1) is 9.95. The molecule has 5 heteroatoms. The molecule has 1 aromatic rings. The van der Waals surface area contributed by atoms with Crippen molar-refractivity contribution in [3.05, 3.63) is 29.3 Å². The number of nitrogens with two attached hydrogens (primary N) is 1. The van der Waals surface area contributed by atoms with Gasteiger partial charge < -0.3 is 15.4 Å². The Kier molecular flexibility index (Phi) is 7.15. The Hall–Kier alpha value is -1.62. The summed E-state index contributed by atoms with van der Waals surface area (Å²) in [5.41, 5.74) is 7.72. The van der Waals surface area contributed by atoms with Crippen molar-refractivity contribution in [2.24, 2.45) is 5.73 Å². The van der Waals surface area contributed by atoms with Gasteiger partial charge in [0, 0.05) is 19.5 Å². The fourth-order valence-corrected chi connectivity index (χ4v) is 2.08. The van der Waals surface area contributed by atoms with Gasteiger partial charge in [-0.15, -0.1) is 0 Å². The summed E-state index contributed by atoms with van der Waals surface area (Å²) in [7, 11) is 0. The molecule has 0 aliphatic carbocycles. The summed E-state index contributed by atoms with van der Waals surface area (Å²) < 4.78 is 5.66. The molecule has 0 spiro atoms. The van der Waals surface area contributed by atoms with Gasteiger partial charge in [0.05, 0.1) is 4.99 Å². The largest absolute Gasteiger partial charge is 0.483 e. The summed E-state index contributed by atoms with van der Waals surface area (Å²) in [6.45, 7) is 7.34. The van der Waals surface area contributed by atoms with Crippen molar-refractivity contribution in [2.75, 3.05) is 19.7 Å². The van der Waals surface area contributed by atoms with Gasteiger partial charge in [-0.1, -0.05) is 31.3 Å². The van der Waals surface area contributed by atoms with Gasteiger partial charge in [-0.25, -0.2) is 0 Å². The van der Waals surface area contributed by atoms with E-state index in [-0.39, 0.29) is 12.5 Å². The molecule has 21 heavy (non-hydrogen) atoms. The monoisotopic (exact) mass is 308 g/mol. The van der Waals surface area contributed by atoms with E-state index in [0.29, 0.717) is 24.5 Å². The van der Waals surface area contributed by atoms with Gasteiger partial charge in [0.15, 0.2) is 6.61 Å². The number of benzene rings is 1. The maximum atomic E-state index is 12.2. The van der Waals surface area contributed by atoms with Crippen molar-refractivity contribution in [2.45, 2.75) is 33.6 Å². The van der Waals surface area contributed by atoms with Crippen molar-refractivity contribution in [1.29, 1.82) is 0 Å². The van der Waals surface area contributed by atoms with E-state index in [2.05, 4.69) is 0 Å². The van der Waals surface area contributed by atoms with Crippen LogP contribution in [0.1, 0.15) is 30.9 Å². The van der Waals surface area contributed by atoms with Crippen LogP contribution in [-0.4, -0.2) is 35.5 Å². The Bertz CT molecular complexity index is 503. The third-order valence-corrected chi connectivity index (χ3v) is 3.58. The molecule has 2 N–H and O–H groups in total. The molecule has 1 rings (SSSR count). The first kappa shape index (κ1) is 17.4. The van der Waals surface area contributed by atoms with Crippen molar-refractivity contribution in [1.82, 2.24) is 4.90 Å². The standard InChI is InChI=1S/C16H24N2O2S/c1-4-9-18(10-8-15(17)21)16(19)11-20-14-7-5-6-12(2)13(14)3/h5-7H,4,8-11H2,1-3H3,(H2,17,21). The van der Waals surface area contributed by atoms with E-state index in [1.807, 2.05) is 39.0 Å². The minimum absolute atomic E-state index is 0.0333. The summed E-state index contributed by atoms with van der Waals surface area (Å²) in [6, 6.07) is 5.84. The van der Waals surface area contributed by atoms with Gasteiger partial charge in [0.2, 0.25) is 0 Å². The molecule has 116 valence electrons. The number of rotatable bonds is 8. The van der Waals surface area contributed by atoms with E-state index in [9.17, 15) is 4.79 Å². The summed E-state index contributed by atoms with van der Waals surface area (Å²) >= 11 is 4.87. The number of carbonyl (C=O) groups is 1. The molecule has 0 atom stereocenters. The summed E-state index contributed by atoms with van der Waals surface area (Å²) in [5, 5.41) is 0. The van der Waals surface area contributed by atoms with Crippen LogP contribution in [0.3, 0.4) is 0 Å². The molecular weight excluding hydrogens is 284 g/mol. The molecule has 1 aromatic carbocycles. The van der Waals surface area contributed by atoms with Crippen LogP contribution in [0.25, 0.3) is 0 Å². The highest BCUT2D eigenvalue weighted by molar-refractivity contribution is 7.80. The van der Waals surface area contributed by atoms with E-state index in [4.69, 9.17) is 22.7 Å². The summed E-state index contributed by atoms with van der Waals surface area (Å²) in [4.78, 5) is 14.4. The van der Waals surface area contributed by atoms with Crippen LogP contribution >= 0.6 is 12.2 Å². The SMILES string of the molecule is CCCN(CCC(N)=S)C(=O)COc1cccc(C)c1C. The molecule has 0 fully saturated rings. The molecule has 0 bridgehead atoms. The zero-order chi connectivity index (χ0) is 15.8.